The van der Waals surface area contributed by atoms with E-state index in [0.717, 1.165) is 11.7 Å². The van der Waals surface area contributed by atoms with E-state index in [0.29, 0.717) is 11.0 Å². The van der Waals surface area contributed by atoms with Crippen molar-refractivity contribution in [3.05, 3.63) is 24.4 Å². The molecule has 0 bridgehead atoms. The first-order valence-electron chi connectivity index (χ1n) is 6.24. The molecule has 1 aromatic carbocycles. The Balaban J connectivity index is 2.03. The van der Waals surface area contributed by atoms with E-state index in [1.807, 2.05) is 0 Å². The molecule has 0 atom stereocenters. The summed E-state index contributed by atoms with van der Waals surface area (Å²) in [6.45, 7) is 0. The second kappa shape index (κ2) is 5.93. The fourth-order valence-electron chi connectivity index (χ4n) is 1.87. The zero-order chi connectivity index (χ0) is 16.4. The van der Waals surface area contributed by atoms with Gasteiger partial charge >= 0.3 is 6.01 Å². The van der Waals surface area contributed by atoms with Gasteiger partial charge in [0.1, 0.15) is 21.6 Å². The summed E-state index contributed by atoms with van der Waals surface area (Å²) < 4.78 is 45.6. The first kappa shape index (κ1) is 15.4. The molecule has 0 fully saturated rings. The Morgan fingerprint density at radius 2 is 2.00 bits per heavy atom. The highest BCUT2D eigenvalue weighted by atomic mass is 32.2. The standard InChI is InChI=1S/C12H11N5O4S2/c1-20-11-8(6-13-12(14-11)21-2)17-23(18,19)9-5-3-4-7-10(9)16-22-15-7/h3-6,17H,1-2H3. The fourth-order valence-corrected chi connectivity index (χ4v) is 3.68. The molecule has 0 aliphatic carbocycles. The average molecular weight is 353 g/mol. The van der Waals surface area contributed by atoms with Crippen molar-refractivity contribution in [1.82, 2.24) is 18.7 Å². The number of ether oxygens (including phenoxy) is 2. The Kier molecular flexibility index (Phi) is 3.96. The van der Waals surface area contributed by atoms with Crippen molar-refractivity contribution < 1.29 is 17.9 Å². The fraction of sp³-hybridized carbons (Fsp3) is 0.167. The number of aromatic nitrogens is 4. The van der Waals surface area contributed by atoms with Crippen LogP contribution in [0, 0.1) is 0 Å². The van der Waals surface area contributed by atoms with E-state index in [1.165, 1.54) is 26.5 Å². The predicted octanol–water partition coefficient (Wildman–Crippen LogP) is 1.30. The summed E-state index contributed by atoms with van der Waals surface area (Å²) in [4.78, 5) is 7.82. The summed E-state index contributed by atoms with van der Waals surface area (Å²) in [5.41, 5.74) is 0.905. The molecule has 3 aromatic rings. The van der Waals surface area contributed by atoms with Gasteiger partial charge in [-0.25, -0.2) is 13.4 Å². The van der Waals surface area contributed by atoms with Gasteiger partial charge in [0.2, 0.25) is 5.88 Å². The van der Waals surface area contributed by atoms with E-state index < -0.39 is 10.0 Å². The van der Waals surface area contributed by atoms with Gasteiger partial charge in [-0.2, -0.15) is 13.7 Å². The Morgan fingerprint density at radius 1 is 1.17 bits per heavy atom. The zero-order valence-electron chi connectivity index (χ0n) is 12.0. The summed E-state index contributed by atoms with van der Waals surface area (Å²) in [6.07, 6.45) is 1.27. The minimum Gasteiger partial charge on any atom is -0.479 e. The molecule has 2 heterocycles. The van der Waals surface area contributed by atoms with E-state index >= 15 is 0 Å². The van der Waals surface area contributed by atoms with E-state index in [-0.39, 0.29) is 22.5 Å². The Bertz CT molecular complexity index is 957. The molecule has 0 aliphatic heterocycles. The van der Waals surface area contributed by atoms with Gasteiger partial charge in [0.15, 0.2) is 0 Å². The Labute approximate surface area is 135 Å². The molecule has 0 amide bonds. The molecule has 1 N–H and O–H groups in total. The Hall–Kier alpha value is -2.53. The van der Waals surface area contributed by atoms with Gasteiger partial charge in [0.25, 0.3) is 10.0 Å². The van der Waals surface area contributed by atoms with Crippen LogP contribution in [0.2, 0.25) is 0 Å². The summed E-state index contributed by atoms with van der Waals surface area (Å²) in [7, 11) is -1.15. The molecule has 0 saturated carbocycles. The number of nitrogens with zero attached hydrogens (tertiary/aromatic N) is 4. The molecular formula is C12H11N5O4S2. The van der Waals surface area contributed by atoms with Gasteiger partial charge in [0, 0.05) is 0 Å². The van der Waals surface area contributed by atoms with Crippen molar-refractivity contribution in [2.24, 2.45) is 0 Å². The van der Waals surface area contributed by atoms with Crippen molar-refractivity contribution >= 4 is 38.5 Å². The molecule has 3 rings (SSSR count). The third-order valence-corrected chi connectivity index (χ3v) is 4.83. The van der Waals surface area contributed by atoms with Crippen LogP contribution < -0.4 is 14.2 Å². The smallest absolute Gasteiger partial charge is 0.319 e. The zero-order valence-corrected chi connectivity index (χ0v) is 13.7. The maximum Gasteiger partial charge on any atom is 0.319 e. The number of nitrogens with one attached hydrogen (secondary N) is 1. The minimum atomic E-state index is -3.91. The van der Waals surface area contributed by atoms with Gasteiger partial charge in [-0.15, -0.1) is 0 Å². The molecular weight excluding hydrogens is 342 g/mol. The third kappa shape index (κ3) is 2.87. The maximum absolute atomic E-state index is 12.6. The number of rotatable bonds is 5. The Morgan fingerprint density at radius 3 is 2.74 bits per heavy atom. The number of benzene rings is 1. The topological polar surface area (TPSA) is 116 Å². The van der Waals surface area contributed by atoms with Crippen LogP contribution in [0.1, 0.15) is 0 Å². The normalized spacial score (nSPS) is 11.4. The van der Waals surface area contributed by atoms with Crippen molar-refractivity contribution in [3.63, 3.8) is 0 Å². The van der Waals surface area contributed by atoms with Gasteiger partial charge in [-0.05, 0) is 12.1 Å². The summed E-state index contributed by atoms with van der Waals surface area (Å²) in [6, 6.07) is 4.80. The van der Waals surface area contributed by atoms with E-state index in [2.05, 4.69) is 23.4 Å². The molecule has 2 aromatic heterocycles. The lowest BCUT2D eigenvalue weighted by molar-refractivity contribution is 0.353. The van der Waals surface area contributed by atoms with Crippen molar-refractivity contribution in [2.75, 3.05) is 18.9 Å². The molecule has 23 heavy (non-hydrogen) atoms. The monoisotopic (exact) mass is 353 g/mol. The van der Waals surface area contributed by atoms with Crippen LogP contribution in [0.15, 0.2) is 29.3 Å². The number of anilines is 1. The molecule has 11 heteroatoms. The van der Waals surface area contributed by atoms with E-state index in [4.69, 9.17) is 9.47 Å². The summed E-state index contributed by atoms with van der Waals surface area (Å²) >= 11 is 0.944. The second-order valence-electron chi connectivity index (χ2n) is 4.27. The molecule has 120 valence electrons. The lowest BCUT2D eigenvalue weighted by Crippen LogP contribution is -2.15. The van der Waals surface area contributed by atoms with Gasteiger partial charge < -0.3 is 9.47 Å². The number of fused-ring (bicyclic) bond motifs is 1. The second-order valence-corrected chi connectivity index (χ2v) is 6.45. The quantitative estimate of drug-likeness (QED) is 0.729. The number of sulfonamides is 1. The van der Waals surface area contributed by atoms with Gasteiger partial charge in [-0.1, -0.05) is 6.07 Å². The molecule has 0 saturated heterocycles. The van der Waals surface area contributed by atoms with Crippen LogP contribution >= 0.6 is 11.7 Å². The highest BCUT2D eigenvalue weighted by Gasteiger charge is 2.22. The number of hydrogen-bond donors (Lipinski definition) is 1. The van der Waals surface area contributed by atoms with Crippen molar-refractivity contribution in [2.45, 2.75) is 4.90 Å². The average Bonchev–Trinajstić information content (AvgIpc) is 3.03. The summed E-state index contributed by atoms with van der Waals surface area (Å²) in [5.74, 6) is 0.0454. The highest BCUT2D eigenvalue weighted by molar-refractivity contribution is 7.93. The van der Waals surface area contributed by atoms with Crippen LogP contribution in [-0.2, 0) is 10.0 Å². The molecule has 0 aliphatic rings. The first-order chi connectivity index (χ1) is 11.0. The van der Waals surface area contributed by atoms with Crippen LogP contribution in [0.3, 0.4) is 0 Å². The first-order valence-corrected chi connectivity index (χ1v) is 8.45. The predicted molar refractivity (Wildman–Crippen MR) is 83.4 cm³/mol. The van der Waals surface area contributed by atoms with Crippen molar-refractivity contribution in [3.8, 4) is 11.9 Å². The minimum absolute atomic E-state index is 0.0154. The SMILES string of the molecule is COc1ncc(NS(=O)(=O)c2cccc3nsnc23)c(OC)n1. The molecule has 0 unspecified atom stereocenters. The van der Waals surface area contributed by atoms with Crippen LogP contribution in [-0.4, -0.2) is 41.4 Å². The third-order valence-electron chi connectivity index (χ3n) is 2.89. The van der Waals surface area contributed by atoms with Crippen LogP contribution in [0.5, 0.6) is 11.9 Å². The lowest BCUT2D eigenvalue weighted by Gasteiger charge is -2.11. The molecule has 0 radical (unpaired) electrons. The summed E-state index contributed by atoms with van der Waals surface area (Å²) in [5, 5.41) is 0. The lowest BCUT2D eigenvalue weighted by atomic mass is 10.3. The molecule has 9 nitrogen and oxygen atoms in total. The van der Waals surface area contributed by atoms with Gasteiger partial charge in [0.05, 0.1) is 32.1 Å². The van der Waals surface area contributed by atoms with Crippen LogP contribution in [0.25, 0.3) is 11.0 Å². The highest BCUT2D eigenvalue weighted by Crippen LogP contribution is 2.28. The number of methoxy groups -OCH3 is 2. The number of hydrogen-bond acceptors (Lipinski definition) is 9. The van der Waals surface area contributed by atoms with Crippen LogP contribution in [0.4, 0.5) is 5.69 Å². The van der Waals surface area contributed by atoms with Crippen molar-refractivity contribution in [1.29, 1.82) is 0 Å². The van der Waals surface area contributed by atoms with E-state index in [1.54, 1.807) is 12.1 Å². The van der Waals surface area contributed by atoms with Gasteiger partial charge in [-0.3, -0.25) is 4.72 Å². The van der Waals surface area contributed by atoms with E-state index in [9.17, 15) is 8.42 Å². The maximum atomic E-state index is 12.6. The largest absolute Gasteiger partial charge is 0.479 e. The molecule has 0 spiro atoms.